The SMILES string of the molecule is CCNC(=O)COc1cccc(CNC(=O)CCS)c1. The van der Waals surface area contributed by atoms with Crippen molar-refractivity contribution in [2.75, 3.05) is 18.9 Å². The molecule has 0 bridgehead atoms. The summed E-state index contributed by atoms with van der Waals surface area (Å²) in [6.07, 6.45) is 0.399. The Balaban J connectivity index is 2.45. The molecule has 0 heterocycles. The molecule has 1 aromatic carbocycles. The van der Waals surface area contributed by atoms with Gasteiger partial charge in [-0.1, -0.05) is 12.1 Å². The Morgan fingerprint density at radius 1 is 1.25 bits per heavy atom. The number of nitrogens with one attached hydrogen (secondary N) is 2. The summed E-state index contributed by atoms with van der Waals surface area (Å²) in [6.45, 7) is 2.86. The zero-order chi connectivity index (χ0) is 14.8. The smallest absolute Gasteiger partial charge is 0.257 e. The van der Waals surface area contributed by atoms with Crippen LogP contribution in [0.1, 0.15) is 18.9 Å². The fourth-order valence-electron chi connectivity index (χ4n) is 1.53. The van der Waals surface area contributed by atoms with Crippen LogP contribution in [-0.4, -0.2) is 30.7 Å². The summed E-state index contributed by atoms with van der Waals surface area (Å²) in [4.78, 5) is 22.6. The minimum Gasteiger partial charge on any atom is -0.484 e. The molecular weight excluding hydrogens is 276 g/mol. The van der Waals surface area contributed by atoms with Crippen molar-refractivity contribution in [1.82, 2.24) is 10.6 Å². The van der Waals surface area contributed by atoms with E-state index in [1.165, 1.54) is 0 Å². The molecule has 0 atom stereocenters. The normalized spacial score (nSPS) is 9.90. The molecule has 110 valence electrons. The van der Waals surface area contributed by atoms with E-state index in [9.17, 15) is 9.59 Å². The Morgan fingerprint density at radius 3 is 2.75 bits per heavy atom. The molecule has 5 nitrogen and oxygen atoms in total. The van der Waals surface area contributed by atoms with E-state index < -0.39 is 0 Å². The van der Waals surface area contributed by atoms with Crippen LogP contribution in [0.15, 0.2) is 24.3 Å². The molecule has 0 saturated heterocycles. The second-order valence-corrected chi connectivity index (χ2v) is 4.59. The van der Waals surface area contributed by atoms with Crippen LogP contribution in [0, 0.1) is 0 Å². The number of likely N-dealkylation sites (N-methyl/N-ethyl adjacent to an activating group) is 1. The van der Waals surface area contributed by atoms with Gasteiger partial charge in [-0.2, -0.15) is 12.6 Å². The summed E-state index contributed by atoms with van der Waals surface area (Å²) in [5, 5.41) is 5.45. The van der Waals surface area contributed by atoms with Crippen molar-refractivity contribution in [2.24, 2.45) is 0 Å². The average molecular weight is 296 g/mol. The standard InChI is InChI=1S/C14H20N2O3S/c1-2-15-14(18)10-19-12-5-3-4-11(8-12)9-16-13(17)6-7-20/h3-5,8,20H,2,6-7,9-10H2,1H3,(H,15,18)(H,16,17). The summed E-state index contributed by atoms with van der Waals surface area (Å²) < 4.78 is 5.38. The van der Waals surface area contributed by atoms with Crippen molar-refractivity contribution in [3.63, 3.8) is 0 Å². The molecule has 0 aromatic heterocycles. The van der Waals surface area contributed by atoms with Gasteiger partial charge in [-0.15, -0.1) is 0 Å². The Bertz CT molecular complexity index is 415. The van der Waals surface area contributed by atoms with Gasteiger partial charge < -0.3 is 15.4 Å². The predicted molar refractivity (Wildman–Crippen MR) is 80.9 cm³/mol. The molecule has 6 heteroatoms. The second-order valence-electron chi connectivity index (χ2n) is 4.14. The highest BCUT2D eigenvalue weighted by Crippen LogP contribution is 2.13. The van der Waals surface area contributed by atoms with E-state index in [4.69, 9.17) is 4.74 Å². The molecule has 0 spiro atoms. The van der Waals surface area contributed by atoms with Crippen LogP contribution in [0.3, 0.4) is 0 Å². The number of thiol groups is 1. The maximum atomic E-state index is 11.3. The van der Waals surface area contributed by atoms with E-state index in [2.05, 4.69) is 23.3 Å². The third-order valence-corrected chi connectivity index (χ3v) is 2.69. The number of carbonyl (C=O) groups is 2. The van der Waals surface area contributed by atoms with Gasteiger partial charge in [0.05, 0.1) is 0 Å². The van der Waals surface area contributed by atoms with E-state index in [1.54, 1.807) is 12.1 Å². The van der Waals surface area contributed by atoms with Crippen molar-refractivity contribution in [3.05, 3.63) is 29.8 Å². The zero-order valence-electron chi connectivity index (χ0n) is 11.5. The Morgan fingerprint density at radius 2 is 2.05 bits per heavy atom. The van der Waals surface area contributed by atoms with Crippen molar-refractivity contribution >= 4 is 24.4 Å². The lowest BCUT2D eigenvalue weighted by molar-refractivity contribution is -0.123. The van der Waals surface area contributed by atoms with Gasteiger partial charge in [0.2, 0.25) is 5.91 Å². The van der Waals surface area contributed by atoms with Crippen molar-refractivity contribution in [2.45, 2.75) is 19.9 Å². The molecule has 0 aliphatic rings. The van der Waals surface area contributed by atoms with E-state index in [-0.39, 0.29) is 18.4 Å². The van der Waals surface area contributed by atoms with E-state index in [1.807, 2.05) is 19.1 Å². The first kappa shape index (κ1) is 16.4. The molecule has 0 radical (unpaired) electrons. The molecule has 1 rings (SSSR count). The third kappa shape index (κ3) is 6.47. The van der Waals surface area contributed by atoms with Gasteiger partial charge in [-0.3, -0.25) is 9.59 Å². The van der Waals surface area contributed by atoms with E-state index >= 15 is 0 Å². The van der Waals surface area contributed by atoms with Crippen molar-refractivity contribution < 1.29 is 14.3 Å². The molecule has 0 fully saturated rings. The zero-order valence-corrected chi connectivity index (χ0v) is 12.4. The van der Waals surface area contributed by atoms with Crippen LogP contribution in [0.5, 0.6) is 5.75 Å². The summed E-state index contributed by atoms with van der Waals surface area (Å²) in [5.74, 6) is 0.951. The summed E-state index contributed by atoms with van der Waals surface area (Å²) in [6, 6.07) is 7.30. The van der Waals surface area contributed by atoms with Gasteiger partial charge in [0.1, 0.15) is 5.75 Å². The molecule has 0 saturated carbocycles. The fraction of sp³-hybridized carbons (Fsp3) is 0.429. The molecule has 0 unspecified atom stereocenters. The van der Waals surface area contributed by atoms with Crippen molar-refractivity contribution in [3.8, 4) is 5.75 Å². The number of rotatable bonds is 8. The minimum atomic E-state index is -0.153. The number of hydrogen-bond donors (Lipinski definition) is 3. The third-order valence-electron chi connectivity index (χ3n) is 2.47. The fourth-order valence-corrected chi connectivity index (χ4v) is 1.74. The van der Waals surface area contributed by atoms with Crippen LogP contribution >= 0.6 is 12.6 Å². The lowest BCUT2D eigenvalue weighted by Crippen LogP contribution is -2.28. The summed E-state index contributed by atoms with van der Waals surface area (Å²) >= 11 is 4.00. The highest BCUT2D eigenvalue weighted by Gasteiger charge is 2.03. The summed E-state index contributed by atoms with van der Waals surface area (Å²) in [7, 11) is 0. The molecular formula is C14H20N2O3S. The Hall–Kier alpha value is -1.69. The largest absolute Gasteiger partial charge is 0.484 e. The molecule has 2 N–H and O–H groups in total. The first-order valence-electron chi connectivity index (χ1n) is 6.51. The minimum absolute atomic E-state index is 0.0106. The van der Waals surface area contributed by atoms with Crippen LogP contribution in [0.4, 0.5) is 0 Å². The molecule has 2 amide bonds. The Labute approximate surface area is 124 Å². The summed E-state index contributed by atoms with van der Waals surface area (Å²) in [5.41, 5.74) is 0.922. The van der Waals surface area contributed by atoms with E-state index in [0.29, 0.717) is 31.0 Å². The topological polar surface area (TPSA) is 67.4 Å². The van der Waals surface area contributed by atoms with Gasteiger partial charge in [-0.25, -0.2) is 0 Å². The monoisotopic (exact) mass is 296 g/mol. The van der Waals surface area contributed by atoms with Gasteiger partial charge in [-0.05, 0) is 30.4 Å². The first-order valence-corrected chi connectivity index (χ1v) is 7.15. The first-order chi connectivity index (χ1) is 9.65. The maximum Gasteiger partial charge on any atom is 0.257 e. The molecule has 1 aromatic rings. The maximum absolute atomic E-state index is 11.3. The van der Waals surface area contributed by atoms with Crippen LogP contribution < -0.4 is 15.4 Å². The Kier molecular flexibility index (Phi) is 7.57. The number of hydrogen-bond acceptors (Lipinski definition) is 4. The molecule has 0 aliphatic heterocycles. The predicted octanol–water partition coefficient (Wildman–Crippen LogP) is 1.14. The van der Waals surface area contributed by atoms with Crippen molar-refractivity contribution in [1.29, 1.82) is 0 Å². The number of ether oxygens (including phenoxy) is 1. The quantitative estimate of drug-likeness (QED) is 0.630. The lowest BCUT2D eigenvalue weighted by Gasteiger charge is -2.09. The number of carbonyl (C=O) groups excluding carboxylic acids is 2. The van der Waals surface area contributed by atoms with Gasteiger partial charge in [0, 0.05) is 19.5 Å². The number of benzene rings is 1. The van der Waals surface area contributed by atoms with Gasteiger partial charge in [0.25, 0.3) is 5.91 Å². The molecule has 20 heavy (non-hydrogen) atoms. The lowest BCUT2D eigenvalue weighted by atomic mass is 10.2. The van der Waals surface area contributed by atoms with Crippen LogP contribution in [0.25, 0.3) is 0 Å². The average Bonchev–Trinajstić information content (AvgIpc) is 2.44. The van der Waals surface area contributed by atoms with Gasteiger partial charge >= 0.3 is 0 Å². The second kappa shape index (κ2) is 9.25. The van der Waals surface area contributed by atoms with Crippen LogP contribution in [0.2, 0.25) is 0 Å². The number of amides is 2. The highest BCUT2D eigenvalue weighted by atomic mass is 32.1. The molecule has 0 aliphatic carbocycles. The van der Waals surface area contributed by atoms with Gasteiger partial charge in [0.15, 0.2) is 6.61 Å². The highest BCUT2D eigenvalue weighted by molar-refractivity contribution is 7.80. The van der Waals surface area contributed by atoms with E-state index in [0.717, 1.165) is 5.56 Å². The van der Waals surface area contributed by atoms with Crippen LogP contribution in [-0.2, 0) is 16.1 Å².